The van der Waals surface area contributed by atoms with E-state index in [4.69, 9.17) is 4.52 Å². The minimum atomic E-state index is 0. The highest BCUT2D eigenvalue weighted by atomic mass is 35.5. The molecule has 0 radical (unpaired) electrons. The van der Waals surface area contributed by atoms with Crippen molar-refractivity contribution in [2.24, 2.45) is 5.92 Å². The van der Waals surface area contributed by atoms with E-state index < -0.39 is 0 Å². The van der Waals surface area contributed by atoms with Crippen LogP contribution in [0.15, 0.2) is 10.6 Å². The van der Waals surface area contributed by atoms with Crippen LogP contribution in [0.25, 0.3) is 11.1 Å². The van der Waals surface area contributed by atoms with Gasteiger partial charge in [-0.15, -0.1) is 12.4 Å². The molecule has 7 heteroatoms. The van der Waals surface area contributed by atoms with E-state index in [1.807, 2.05) is 18.0 Å². The zero-order valence-corrected chi connectivity index (χ0v) is 17.8. The third-order valence-electron chi connectivity index (χ3n) is 5.97. The minimum absolute atomic E-state index is 0. The first-order valence-electron chi connectivity index (χ1n) is 10.3. The number of hydrogen-bond donors (Lipinski definition) is 1. The SMILES string of the molecule is CNCCC1CCN(C(=O)c2cc(C3CC3)nc3onc(C(C)C)c23)CC1.Cl. The molecule has 1 saturated heterocycles. The molecule has 2 aromatic heterocycles. The molecule has 1 saturated carbocycles. The molecule has 0 bridgehead atoms. The van der Waals surface area contributed by atoms with Gasteiger partial charge < -0.3 is 14.7 Å². The number of aromatic nitrogens is 2. The molecule has 4 rings (SSSR count). The molecule has 0 aromatic carbocycles. The van der Waals surface area contributed by atoms with Crippen molar-refractivity contribution in [3.05, 3.63) is 23.0 Å². The highest BCUT2D eigenvalue weighted by Gasteiger charge is 2.31. The number of rotatable bonds is 6. The van der Waals surface area contributed by atoms with Gasteiger partial charge in [0.25, 0.3) is 11.6 Å². The number of fused-ring (bicyclic) bond motifs is 1. The average Bonchev–Trinajstić information content (AvgIpc) is 3.44. The zero-order valence-electron chi connectivity index (χ0n) is 17.0. The Hall–Kier alpha value is -1.66. The lowest BCUT2D eigenvalue weighted by Gasteiger charge is -2.32. The van der Waals surface area contributed by atoms with Crippen molar-refractivity contribution in [2.45, 2.75) is 57.8 Å². The van der Waals surface area contributed by atoms with Crippen molar-refractivity contribution in [3.8, 4) is 0 Å². The molecule has 1 amide bonds. The monoisotopic (exact) mass is 406 g/mol. The maximum absolute atomic E-state index is 13.4. The lowest BCUT2D eigenvalue weighted by atomic mass is 9.92. The van der Waals surface area contributed by atoms with Gasteiger partial charge in [0.05, 0.1) is 16.6 Å². The summed E-state index contributed by atoms with van der Waals surface area (Å²) >= 11 is 0. The van der Waals surface area contributed by atoms with Gasteiger partial charge in [-0.2, -0.15) is 0 Å². The Kier molecular flexibility index (Phi) is 6.61. The van der Waals surface area contributed by atoms with Crippen LogP contribution in [0.2, 0.25) is 0 Å². The first kappa shape index (κ1) is 21.1. The molecule has 28 heavy (non-hydrogen) atoms. The molecule has 0 atom stereocenters. The summed E-state index contributed by atoms with van der Waals surface area (Å²) < 4.78 is 5.53. The first-order valence-corrected chi connectivity index (χ1v) is 10.3. The van der Waals surface area contributed by atoms with E-state index in [2.05, 4.69) is 29.3 Å². The number of likely N-dealkylation sites (tertiary alicyclic amines) is 1. The van der Waals surface area contributed by atoms with Crippen molar-refractivity contribution < 1.29 is 9.32 Å². The van der Waals surface area contributed by atoms with Crippen molar-refractivity contribution in [1.82, 2.24) is 20.4 Å². The summed E-state index contributed by atoms with van der Waals surface area (Å²) in [6, 6.07) is 2.01. The second-order valence-corrected chi connectivity index (χ2v) is 8.40. The number of hydrogen-bond acceptors (Lipinski definition) is 5. The highest BCUT2D eigenvalue weighted by Crippen LogP contribution is 2.41. The van der Waals surface area contributed by atoms with Gasteiger partial charge in [0.2, 0.25) is 0 Å². The van der Waals surface area contributed by atoms with Gasteiger partial charge in [0.15, 0.2) is 0 Å². The molecule has 0 spiro atoms. The van der Waals surface area contributed by atoms with Crippen molar-refractivity contribution in [1.29, 1.82) is 0 Å². The summed E-state index contributed by atoms with van der Waals surface area (Å²) in [4.78, 5) is 20.1. The maximum atomic E-state index is 13.4. The number of halogens is 1. The van der Waals surface area contributed by atoms with E-state index >= 15 is 0 Å². The summed E-state index contributed by atoms with van der Waals surface area (Å²) in [5.74, 6) is 1.49. The van der Waals surface area contributed by atoms with E-state index in [0.717, 1.165) is 67.7 Å². The third kappa shape index (κ3) is 4.18. The largest absolute Gasteiger partial charge is 0.339 e. The number of piperidine rings is 1. The minimum Gasteiger partial charge on any atom is -0.339 e. The number of nitrogens with one attached hydrogen (secondary N) is 1. The molecule has 6 nitrogen and oxygen atoms in total. The normalized spacial score (nSPS) is 17.9. The van der Waals surface area contributed by atoms with Crippen LogP contribution in [0.4, 0.5) is 0 Å². The molecule has 0 unspecified atom stereocenters. The topological polar surface area (TPSA) is 71.3 Å². The van der Waals surface area contributed by atoms with Gasteiger partial charge in [-0.1, -0.05) is 19.0 Å². The Morgan fingerprint density at radius 3 is 2.61 bits per heavy atom. The van der Waals surface area contributed by atoms with E-state index in [9.17, 15) is 4.79 Å². The Balaban J connectivity index is 0.00000225. The van der Waals surface area contributed by atoms with E-state index in [1.165, 1.54) is 6.42 Å². The fraction of sp³-hybridized carbons (Fsp3) is 0.667. The van der Waals surface area contributed by atoms with Crippen LogP contribution in [-0.4, -0.2) is 47.6 Å². The lowest BCUT2D eigenvalue weighted by molar-refractivity contribution is 0.0689. The zero-order chi connectivity index (χ0) is 19.0. The van der Waals surface area contributed by atoms with Crippen LogP contribution in [0, 0.1) is 5.92 Å². The predicted octanol–water partition coefficient (Wildman–Crippen LogP) is 4.11. The quantitative estimate of drug-likeness (QED) is 0.781. The van der Waals surface area contributed by atoms with Crippen LogP contribution >= 0.6 is 12.4 Å². The average molecular weight is 407 g/mol. The van der Waals surface area contributed by atoms with Crippen LogP contribution < -0.4 is 5.32 Å². The molecule has 2 aromatic rings. The van der Waals surface area contributed by atoms with E-state index in [1.54, 1.807) is 0 Å². The van der Waals surface area contributed by atoms with Crippen molar-refractivity contribution >= 4 is 29.4 Å². The van der Waals surface area contributed by atoms with Gasteiger partial charge in [0.1, 0.15) is 0 Å². The molecule has 1 aliphatic carbocycles. The Morgan fingerprint density at radius 2 is 2.00 bits per heavy atom. The Bertz CT molecular complexity index is 823. The lowest BCUT2D eigenvalue weighted by Crippen LogP contribution is -2.39. The number of carbonyl (C=O) groups is 1. The van der Waals surface area contributed by atoms with Gasteiger partial charge in [-0.05, 0) is 63.6 Å². The van der Waals surface area contributed by atoms with E-state index in [0.29, 0.717) is 17.5 Å². The molecule has 1 aliphatic heterocycles. The molecular weight excluding hydrogens is 376 g/mol. The number of carbonyl (C=O) groups excluding carboxylic acids is 1. The summed E-state index contributed by atoms with van der Waals surface area (Å²) in [7, 11) is 2.00. The summed E-state index contributed by atoms with van der Waals surface area (Å²) in [6.45, 7) is 6.87. The fourth-order valence-corrected chi connectivity index (χ4v) is 4.09. The molecular formula is C21H31ClN4O2. The second kappa shape index (κ2) is 8.78. The Labute approximate surface area is 172 Å². The summed E-state index contributed by atoms with van der Waals surface area (Å²) in [5, 5.41) is 8.28. The van der Waals surface area contributed by atoms with Gasteiger partial charge in [-0.3, -0.25) is 4.79 Å². The van der Waals surface area contributed by atoms with Crippen molar-refractivity contribution in [3.63, 3.8) is 0 Å². The number of amides is 1. The predicted molar refractivity (Wildman–Crippen MR) is 112 cm³/mol. The maximum Gasteiger partial charge on any atom is 0.259 e. The summed E-state index contributed by atoms with van der Waals surface area (Å²) in [5.41, 5.74) is 3.09. The van der Waals surface area contributed by atoms with Crippen LogP contribution in [0.1, 0.15) is 79.5 Å². The molecule has 3 heterocycles. The Morgan fingerprint density at radius 1 is 1.29 bits per heavy atom. The van der Waals surface area contributed by atoms with Gasteiger partial charge in [-0.25, -0.2) is 4.98 Å². The smallest absolute Gasteiger partial charge is 0.259 e. The van der Waals surface area contributed by atoms with Gasteiger partial charge in [0, 0.05) is 24.7 Å². The molecule has 154 valence electrons. The van der Waals surface area contributed by atoms with Crippen LogP contribution in [0.5, 0.6) is 0 Å². The molecule has 2 aliphatic rings. The second-order valence-electron chi connectivity index (χ2n) is 8.40. The third-order valence-corrected chi connectivity index (χ3v) is 5.97. The van der Waals surface area contributed by atoms with E-state index in [-0.39, 0.29) is 24.2 Å². The summed E-state index contributed by atoms with van der Waals surface area (Å²) in [6.07, 6.45) is 5.64. The number of pyridine rings is 1. The fourth-order valence-electron chi connectivity index (χ4n) is 4.09. The van der Waals surface area contributed by atoms with Crippen LogP contribution in [-0.2, 0) is 0 Å². The van der Waals surface area contributed by atoms with Gasteiger partial charge >= 0.3 is 0 Å². The highest BCUT2D eigenvalue weighted by molar-refractivity contribution is 6.06. The van der Waals surface area contributed by atoms with Crippen molar-refractivity contribution in [2.75, 3.05) is 26.7 Å². The standard InChI is InChI=1S/C21H30N4O2.ClH/c1-13(2)19-18-16(12-17(15-4-5-15)23-20(18)27-24-19)21(26)25-10-7-14(8-11-25)6-9-22-3;/h12-15,22H,4-11H2,1-3H3;1H. The first-order chi connectivity index (χ1) is 13.1. The molecule has 2 fully saturated rings. The number of nitrogens with zero attached hydrogens (tertiary/aromatic N) is 3. The molecule has 1 N–H and O–H groups in total. The van der Waals surface area contributed by atoms with Crippen LogP contribution in [0.3, 0.4) is 0 Å².